The molecule has 124 valence electrons. The Hall–Kier alpha value is -0.920. The summed E-state index contributed by atoms with van der Waals surface area (Å²) in [5.41, 5.74) is 0. The normalized spacial score (nSPS) is 28.9. The maximum Gasteiger partial charge on any atom is 0.251 e. The standard InChI is InChI=1S/C15H25N3O3S/c19-14(13-4-2-10-21-13)17-5-7-18(8-6-17)15(22)16-11-12-3-1-9-20-12/h12-13H,1-11H2,(H,16,22)/t12-,13+/m1/s1. The van der Waals surface area contributed by atoms with Crippen molar-refractivity contribution in [1.29, 1.82) is 0 Å². The fourth-order valence-electron chi connectivity index (χ4n) is 3.22. The fraction of sp³-hybridized carbons (Fsp3) is 0.867. The first-order chi connectivity index (χ1) is 10.7. The van der Waals surface area contributed by atoms with E-state index in [0.717, 1.165) is 70.1 Å². The lowest BCUT2D eigenvalue weighted by molar-refractivity contribution is -0.142. The average molecular weight is 327 g/mol. The van der Waals surface area contributed by atoms with Gasteiger partial charge in [-0.1, -0.05) is 0 Å². The molecule has 0 aromatic heterocycles. The van der Waals surface area contributed by atoms with E-state index < -0.39 is 0 Å². The monoisotopic (exact) mass is 327 g/mol. The Morgan fingerprint density at radius 1 is 1.05 bits per heavy atom. The van der Waals surface area contributed by atoms with Crippen molar-refractivity contribution >= 4 is 23.2 Å². The Bertz CT molecular complexity index is 401. The Morgan fingerprint density at radius 2 is 1.73 bits per heavy atom. The second-order valence-corrected chi connectivity index (χ2v) is 6.52. The average Bonchev–Trinajstić information content (AvgIpc) is 3.25. The molecule has 2 atom stereocenters. The van der Waals surface area contributed by atoms with E-state index in [1.165, 1.54) is 0 Å². The van der Waals surface area contributed by atoms with Crippen LogP contribution in [0.1, 0.15) is 25.7 Å². The van der Waals surface area contributed by atoms with Crippen molar-refractivity contribution in [1.82, 2.24) is 15.1 Å². The van der Waals surface area contributed by atoms with Gasteiger partial charge in [-0.3, -0.25) is 4.79 Å². The van der Waals surface area contributed by atoms with Crippen LogP contribution in [0, 0.1) is 0 Å². The van der Waals surface area contributed by atoms with Gasteiger partial charge in [-0.25, -0.2) is 0 Å². The lowest BCUT2D eigenvalue weighted by atomic mass is 10.2. The zero-order chi connectivity index (χ0) is 15.4. The van der Waals surface area contributed by atoms with Gasteiger partial charge in [0.1, 0.15) is 6.10 Å². The van der Waals surface area contributed by atoms with E-state index >= 15 is 0 Å². The molecule has 3 rings (SSSR count). The molecule has 0 unspecified atom stereocenters. The highest BCUT2D eigenvalue weighted by atomic mass is 32.1. The maximum absolute atomic E-state index is 12.3. The van der Waals surface area contributed by atoms with E-state index in [4.69, 9.17) is 21.7 Å². The molecule has 1 N–H and O–H groups in total. The summed E-state index contributed by atoms with van der Waals surface area (Å²) in [6.45, 7) is 5.39. The third kappa shape index (κ3) is 3.88. The number of nitrogens with zero attached hydrogens (tertiary/aromatic N) is 2. The number of carbonyl (C=O) groups is 1. The zero-order valence-electron chi connectivity index (χ0n) is 13.0. The number of hydrogen-bond donors (Lipinski definition) is 1. The van der Waals surface area contributed by atoms with Gasteiger partial charge in [-0.05, 0) is 37.9 Å². The summed E-state index contributed by atoms with van der Waals surface area (Å²) in [6, 6.07) is 0. The molecule has 3 heterocycles. The van der Waals surface area contributed by atoms with Crippen molar-refractivity contribution < 1.29 is 14.3 Å². The van der Waals surface area contributed by atoms with Gasteiger partial charge in [-0.15, -0.1) is 0 Å². The summed E-state index contributed by atoms with van der Waals surface area (Å²) in [5.74, 6) is 0.149. The highest BCUT2D eigenvalue weighted by Gasteiger charge is 2.30. The van der Waals surface area contributed by atoms with Crippen LogP contribution in [0.5, 0.6) is 0 Å². The number of piperazine rings is 1. The largest absolute Gasteiger partial charge is 0.376 e. The molecule has 0 aromatic rings. The number of amides is 1. The number of carbonyl (C=O) groups excluding carboxylic acids is 1. The van der Waals surface area contributed by atoms with Crippen LogP contribution in [0.2, 0.25) is 0 Å². The first-order valence-corrected chi connectivity index (χ1v) is 8.69. The Balaban J connectivity index is 1.38. The maximum atomic E-state index is 12.3. The van der Waals surface area contributed by atoms with Crippen LogP contribution in [0.4, 0.5) is 0 Å². The van der Waals surface area contributed by atoms with E-state index in [9.17, 15) is 4.79 Å². The summed E-state index contributed by atoms with van der Waals surface area (Å²) < 4.78 is 11.1. The number of hydrogen-bond acceptors (Lipinski definition) is 4. The molecule has 3 saturated heterocycles. The lowest BCUT2D eigenvalue weighted by Crippen LogP contribution is -2.55. The van der Waals surface area contributed by atoms with Crippen molar-refractivity contribution in [3.05, 3.63) is 0 Å². The van der Waals surface area contributed by atoms with Gasteiger partial charge in [0, 0.05) is 45.9 Å². The van der Waals surface area contributed by atoms with Crippen LogP contribution < -0.4 is 5.32 Å². The van der Waals surface area contributed by atoms with Crippen molar-refractivity contribution in [2.45, 2.75) is 37.9 Å². The first-order valence-electron chi connectivity index (χ1n) is 8.29. The summed E-state index contributed by atoms with van der Waals surface area (Å²) in [6.07, 6.45) is 4.19. The first kappa shape index (κ1) is 16.0. The zero-order valence-corrected chi connectivity index (χ0v) is 13.8. The molecule has 0 saturated carbocycles. The van der Waals surface area contributed by atoms with Crippen molar-refractivity contribution in [2.24, 2.45) is 0 Å². The molecule has 0 aromatic carbocycles. The van der Waals surface area contributed by atoms with Crippen molar-refractivity contribution in [3.63, 3.8) is 0 Å². The molecule has 7 heteroatoms. The molecule has 0 aliphatic carbocycles. The molecule has 1 amide bonds. The van der Waals surface area contributed by atoms with Gasteiger partial charge in [0.05, 0.1) is 6.10 Å². The van der Waals surface area contributed by atoms with E-state index in [2.05, 4.69) is 10.2 Å². The van der Waals surface area contributed by atoms with E-state index in [-0.39, 0.29) is 12.0 Å². The third-order valence-corrected chi connectivity index (χ3v) is 4.99. The van der Waals surface area contributed by atoms with Gasteiger partial charge in [0.15, 0.2) is 5.11 Å². The summed E-state index contributed by atoms with van der Waals surface area (Å²) in [4.78, 5) is 16.3. The van der Waals surface area contributed by atoms with Crippen LogP contribution in [0.25, 0.3) is 0 Å². The van der Waals surface area contributed by atoms with Gasteiger partial charge in [0.25, 0.3) is 5.91 Å². The predicted octanol–water partition coefficient (Wildman–Crippen LogP) is 0.363. The molecule has 3 fully saturated rings. The van der Waals surface area contributed by atoms with Crippen molar-refractivity contribution in [3.8, 4) is 0 Å². The quantitative estimate of drug-likeness (QED) is 0.756. The minimum absolute atomic E-state index is 0.149. The Kier molecular flexibility index (Phi) is 5.49. The molecular weight excluding hydrogens is 302 g/mol. The minimum atomic E-state index is -0.212. The Morgan fingerprint density at radius 3 is 2.36 bits per heavy atom. The summed E-state index contributed by atoms with van der Waals surface area (Å²) in [5, 5.41) is 4.08. The number of nitrogens with one attached hydrogen (secondary N) is 1. The number of thiocarbonyl (C=S) groups is 1. The summed E-state index contributed by atoms with van der Waals surface area (Å²) in [7, 11) is 0. The number of ether oxygens (including phenoxy) is 2. The smallest absolute Gasteiger partial charge is 0.251 e. The molecule has 0 bridgehead atoms. The minimum Gasteiger partial charge on any atom is -0.376 e. The van der Waals surface area contributed by atoms with Crippen LogP contribution in [0.15, 0.2) is 0 Å². The highest BCUT2D eigenvalue weighted by Crippen LogP contribution is 2.16. The molecule has 3 aliphatic rings. The third-order valence-electron chi connectivity index (χ3n) is 4.59. The lowest BCUT2D eigenvalue weighted by Gasteiger charge is -2.37. The van der Waals surface area contributed by atoms with Gasteiger partial charge >= 0.3 is 0 Å². The fourth-order valence-corrected chi connectivity index (χ4v) is 3.49. The van der Waals surface area contributed by atoms with Crippen LogP contribution >= 0.6 is 12.2 Å². The van der Waals surface area contributed by atoms with Crippen molar-refractivity contribution in [2.75, 3.05) is 45.9 Å². The van der Waals surface area contributed by atoms with Crippen LogP contribution in [-0.2, 0) is 14.3 Å². The molecule has 3 aliphatic heterocycles. The second-order valence-electron chi connectivity index (χ2n) is 6.14. The molecule has 0 spiro atoms. The van der Waals surface area contributed by atoms with Gasteiger partial charge in [-0.2, -0.15) is 0 Å². The second kappa shape index (κ2) is 7.57. The SMILES string of the molecule is O=C([C@@H]1CCCO1)N1CCN(C(=S)NC[C@H]2CCCO2)CC1. The Labute approximate surface area is 137 Å². The molecule has 6 nitrogen and oxygen atoms in total. The summed E-state index contributed by atoms with van der Waals surface area (Å²) >= 11 is 5.45. The molecule has 22 heavy (non-hydrogen) atoms. The van der Waals surface area contributed by atoms with Gasteiger partial charge in [0.2, 0.25) is 0 Å². The van der Waals surface area contributed by atoms with Crippen LogP contribution in [-0.4, -0.2) is 79.0 Å². The highest BCUT2D eigenvalue weighted by molar-refractivity contribution is 7.80. The predicted molar refractivity (Wildman–Crippen MR) is 86.7 cm³/mol. The van der Waals surface area contributed by atoms with E-state index in [1.807, 2.05) is 4.90 Å². The molecular formula is C15H25N3O3S. The topological polar surface area (TPSA) is 54.0 Å². The van der Waals surface area contributed by atoms with E-state index in [0.29, 0.717) is 12.7 Å². The van der Waals surface area contributed by atoms with Gasteiger partial charge < -0.3 is 24.6 Å². The van der Waals surface area contributed by atoms with E-state index in [1.54, 1.807) is 0 Å². The number of rotatable bonds is 3. The molecule has 0 radical (unpaired) electrons. The van der Waals surface area contributed by atoms with Crippen LogP contribution in [0.3, 0.4) is 0 Å².